The summed E-state index contributed by atoms with van der Waals surface area (Å²) in [7, 11) is 0. The second kappa shape index (κ2) is 4.69. The maximum Gasteiger partial charge on any atom is 0.205 e. The summed E-state index contributed by atoms with van der Waals surface area (Å²) >= 11 is 6.00. The molecule has 0 amide bonds. The lowest BCUT2D eigenvalue weighted by Gasteiger charge is -2.36. The van der Waals surface area contributed by atoms with Gasteiger partial charge in [-0.05, 0) is 44.2 Å². The van der Waals surface area contributed by atoms with Gasteiger partial charge in [0.15, 0.2) is 0 Å². The Balaban J connectivity index is 2.11. The summed E-state index contributed by atoms with van der Waals surface area (Å²) in [4.78, 5) is 4.31. The van der Waals surface area contributed by atoms with Gasteiger partial charge in [0.2, 0.25) is 6.23 Å². The number of pyridine rings is 1. The van der Waals surface area contributed by atoms with Crippen LogP contribution in [-0.2, 0) is 0 Å². The molecule has 0 aliphatic carbocycles. The predicted molar refractivity (Wildman–Crippen MR) is 86.1 cm³/mol. The molecule has 1 unspecified atom stereocenters. The molecule has 6 heteroatoms. The highest BCUT2D eigenvalue weighted by molar-refractivity contribution is 6.29. The number of nitrogens with zero attached hydrogens (tertiary/aromatic N) is 2. The summed E-state index contributed by atoms with van der Waals surface area (Å²) in [6.07, 6.45) is -0.702. The number of hydrogen-bond acceptors (Lipinski definition) is 3. The Morgan fingerprint density at radius 2 is 2.09 bits per heavy atom. The van der Waals surface area contributed by atoms with Gasteiger partial charge in [0, 0.05) is 5.39 Å². The summed E-state index contributed by atoms with van der Waals surface area (Å²) in [5, 5.41) is 11.3. The van der Waals surface area contributed by atoms with Crippen LogP contribution in [0.1, 0.15) is 20.1 Å². The fraction of sp³-hybridized carbons (Fsp3) is 0.235. The first-order valence-corrected chi connectivity index (χ1v) is 7.59. The Bertz CT molecular complexity index is 930. The topological polar surface area (TPSA) is 47.3 Å². The third-order valence-electron chi connectivity index (χ3n) is 3.97. The number of aliphatic hydroxyl groups is 1. The van der Waals surface area contributed by atoms with Gasteiger partial charge in [-0.15, -0.1) is 0 Å². The molecule has 4 nitrogen and oxygen atoms in total. The highest BCUT2D eigenvalue weighted by Gasteiger charge is 2.38. The van der Waals surface area contributed by atoms with Crippen LogP contribution in [0.15, 0.2) is 36.4 Å². The number of benzene rings is 1. The van der Waals surface area contributed by atoms with Gasteiger partial charge < -0.3 is 14.4 Å². The normalized spacial score (nSPS) is 16.8. The molecular formula is C17H14ClFN2O2. The van der Waals surface area contributed by atoms with Crippen LogP contribution >= 0.6 is 11.6 Å². The fourth-order valence-electron chi connectivity index (χ4n) is 2.98. The first kappa shape index (κ1) is 14.5. The second-order valence-corrected chi connectivity index (χ2v) is 6.56. The minimum absolute atomic E-state index is 0.325. The molecule has 1 aromatic carbocycles. The Hall–Kier alpha value is -2.11. The highest BCUT2D eigenvalue weighted by Crippen LogP contribution is 2.44. The Kier molecular flexibility index (Phi) is 2.95. The van der Waals surface area contributed by atoms with E-state index in [-0.39, 0.29) is 5.82 Å². The van der Waals surface area contributed by atoms with Gasteiger partial charge in [0.25, 0.3) is 0 Å². The lowest BCUT2D eigenvalue weighted by molar-refractivity contribution is -0.0732. The van der Waals surface area contributed by atoms with Gasteiger partial charge in [0.05, 0.1) is 11.2 Å². The van der Waals surface area contributed by atoms with Crippen LogP contribution in [0.5, 0.6) is 5.75 Å². The third kappa shape index (κ3) is 2.11. The fourth-order valence-corrected chi connectivity index (χ4v) is 3.13. The van der Waals surface area contributed by atoms with Crippen molar-refractivity contribution in [3.05, 3.63) is 47.4 Å². The quantitative estimate of drug-likeness (QED) is 0.681. The van der Waals surface area contributed by atoms with Gasteiger partial charge in [0.1, 0.15) is 28.0 Å². The molecule has 2 aromatic heterocycles. The maximum absolute atomic E-state index is 14.2. The van der Waals surface area contributed by atoms with Crippen molar-refractivity contribution in [2.75, 3.05) is 0 Å². The molecule has 0 spiro atoms. The number of halogens is 2. The molecule has 1 aliphatic rings. The van der Waals surface area contributed by atoms with Crippen LogP contribution in [0.3, 0.4) is 0 Å². The smallest absolute Gasteiger partial charge is 0.205 e. The molecule has 118 valence electrons. The second-order valence-electron chi connectivity index (χ2n) is 6.18. The number of hydrogen-bond donors (Lipinski definition) is 1. The van der Waals surface area contributed by atoms with E-state index in [1.807, 2.05) is 0 Å². The molecular weight excluding hydrogens is 319 g/mol. The molecule has 1 N–H and O–H groups in total. The van der Waals surface area contributed by atoms with E-state index in [1.54, 1.807) is 48.7 Å². The molecule has 23 heavy (non-hydrogen) atoms. The van der Waals surface area contributed by atoms with Crippen molar-refractivity contribution in [3.63, 3.8) is 0 Å². The predicted octanol–water partition coefficient (Wildman–Crippen LogP) is 4.16. The average Bonchev–Trinajstić information content (AvgIpc) is 2.87. The summed E-state index contributed by atoms with van der Waals surface area (Å²) < 4.78 is 21.9. The SMILES string of the molecule is CC(C)(O)C1Oc2ccc(Cl)nc2-c2cc3c(F)cccc3n21. The lowest BCUT2D eigenvalue weighted by Crippen LogP contribution is -2.39. The van der Waals surface area contributed by atoms with Crippen LogP contribution in [0.25, 0.3) is 22.3 Å². The van der Waals surface area contributed by atoms with Crippen LogP contribution in [0.4, 0.5) is 4.39 Å². The van der Waals surface area contributed by atoms with Gasteiger partial charge in [-0.25, -0.2) is 9.37 Å². The summed E-state index contributed by atoms with van der Waals surface area (Å²) in [5.41, 5.74) is 0.666. The van der Waals surface area contributed by atoms with Crippen LogP contribution < -0.4 is 4.74 Å². The minimum atomic E-state index is -1.18. The zero-order chi connectivity index (χ0) is 16.4. The summed E-state index contributed by atoms with van der Waals surface area (Å²) in [6.45, 7) is 3.31. The van der Waals surface area contributed by atoms with E-state index in [2.05, 4.69) is 4.98 Å². The zero-order valence-corrected chi connectivity index (χ0v) is 13.3. The molecule has 3 aromatic rings. The highest BCUT2D eigenvalue weighted by atomic mass is 35.5. The molecule has 1 aliphatic heterocycles. The van der Waals surface area contributed by atoms with Crippen molar-refractivity contribution in [3.8, 4) is 17.1 Å². The summed E-state index contributed by atoms with van der Waals surface area (Å²) in [6, 6.07) is 9.88. The molecule has 0 radical (unpaired) electrons. The van der Waals surface area contributed by atoms with Crippen LogP contribution in [0.2, 0.25) is 5.15 Å². The standard InChI is InChI=1S/C17H14ClFN2O2/c1-17(2,22)16-21-11-5-3-4-10(19)9(11)8-12(21)15-13(23-16)6-7-14(18)20-15/h3-8,16,22H,1-2H3. The molecule has 3 heterocycles. The minimum Gasteiger partial charge on any atom is -0.465 e. The average molecular weight is 333 g/mol. The molecule has 0 fully saturated rings. The Morgan fingerprint density at radius 3 is 2.83 bits per heavy atom. The van der Waals surface area contributed by atoms with Crippen molar-refractivity contribution >= 4 is 22.5 Å². The molecule has 0 saturated carbocycles. The van der Waals surface area contributed by atoms with Crippen LogP contribution in [0, 0.1) is 5.82 Å². The largest absolute Gasteiger partial charge is 0.465 e. The van der Waals surface area contributed by atoms with Crippen molar-refractivity contribution in [1.82, 2.24) is 9.55 Å². The van der Waals surface area contributed by atoms with Gasteiger partial charge in [-0.2, -0.15) is 0 Å². The van der Waals surface area contributed by atoms with E-state index < -0.39 is 11.8 Å². The monoisotopic (exact) mass is 332 g/mol. The molecule has 4 rings (SSSR count). The first-order chi connectivity index (χ1) is 10.9. The molecule has 0 bridgehead atoms. The van der Waals surface area contributed by atoms with E-state index in [9.17, 15) is 9.50 Å². The summed E-state index contributed by atoms with van der Waals surface area (Å²) in [5.74, 6) is 0.180. The van der Waals surface area contributed by atoms with E-state index >= 15 is 0 Å². The van der Waals surface area contributed by atoms with E-state index in [0.717, 1.165) is 0 Å². The molecule has 0 saturated heterocycles. The third-order valence-corrected chi connectivity index (χ3v) is 4.18. The number of ether oxygens (including phenoxy) is 1. The van der Waals surface area contributed by atoms with Gasteiger partial charge in [-0.1, -0.05) is 17.7 Å². The number of rotatable bonds is 1. The number of fused-ring (bicyclic) bond motifs is 5. The Labute approximate surface area is 137 Å². The number of aromatic nitrogens is 2. The lowest BCUT2D eigenvalue weighted by atomic mass is 10.1. The van der Waals surface area contributed by atoms with Crippen molar-refractivity contribution in [2.45, 2.75) is 25.7 Å². The molecule has 1 atom stereocenters. The Morgan fingerprint density at radius 1 is 1.30 bits per heavy atom. The van der Waals surface area contributed by atoms with Crippen molar-refractivity contribution < 1.29 is 14.2 Å². The van der Waals surface area contributed by atoms with E-state index in [4.69, 9.17) is 16.3 Å². The van der Waals surface area contributed by atoms with Crippen molar-refractivity contribution in [1.29, 1.82) is 0 Å². The van der Waals surface area contributed by atoms with Crippen molar-refractivity contribution in [2.24, 2.45) is 0 Å². The maximum atomic E-state index is 14.2. The zero-order valence-electron chi connectivity index (χ0n) is 12.5. The van der Waals surface area contributed by atoms with Gasteiger partial charge >= 0.3 is 0 Å². The van der Waals surface area contributed by atoms with E-state index in [1.165, 1.54) is 6.07 Å². The van der Waals surface area contributed by atoms with E-state index in [0.29, 0.717) is 33.2 Å². The van der Waals surface area contributed by atoms with Gasteiger partial charge in [-0.3, -0.25) is 0 Å². The first-order valence-electron chi connectivity index (χ1n) is 7.21. The van der Waals surface area contributed by atoms with Crippen LogP contribution in [-0.4, -0.2) is 20.3 Å².